The molecule has 0 aromatic heterocycles. The van der Waals surface area contributed by atoms with E-state index in [9.17, 15) is 22.0 Å². The molecule has 1 saturated heterocycles. The Morgan fingerprint density at radius 3 is 2.03 bits per heavy atom. The predicted molar refractivity (Wildman–Crippen MR) is 105 cm³/mol. The van der Waals surface area contributed by atoms with Gasteiger partial charge in [0.1, 0.15) is 0 Å². The SMILES string of the molecule is Fc1c(F)c(F)c([C@@H]2OCC[C@@H]3Cc4ccccc4[C@H](c4ccccc4)[C@H]32)c(F)c1F. The van der Waals surface area contributed by atoms with Crippen LogP contribution in [0.2, 0.25) is 0 Å². The molecule has 4 atom stereocenters. The zero-order valence-corrected chi connectivity index (χ0v) is 16.4. The minimum Gasteiger partial charge on any atom is -0.373 e. The number of halogens is 5. The van der Waals surface area contributed by atoms with Gasteiger partial charge in [0, 0.05) is 18.4 Å². The highest BCUT2D eigenvalue weighted by molar-refractivity contribution is 5.43. The second kappa shape index (κ2) is 7.75. The van der Waals surface area contributed by atoms with Gasteiger partial charge in [-0.2, -0.15) is 0 Å². The summed E-state index contributed by atoms with van der Waals surface area (Å²) < 4.78 is 77.0. The van der Waals surface area contributed by atoms with Crippen molar-refractivity contribution in [3.05, 3.63) is 106 Å². The molecule has 1 fully saturated rings. The van der Waals surface area contributed by atoms with Gasteiger partial charge in [-0.05, 0) is 35.4 Å². The lowest BCUT2D eigenvalue weighted by Gasteiger charge is -2.47. The Labute approximate surface area is 176 Å². The highest BCUT2D eigenvalue weighted by Crippen LogP contribution is 2.54. The smallest absolute Gasteiger partial charge is 0.200 e. The van der Waals surface area contributed by atoms with E-state index < -0.39 is 46.7 Å². The fourth-order valence-corrected chi connectivity index (χ4v) is 5.31. The summed E-state index contributed by atoms with van der Waals surface area (Å²) in [6, 6.07) is 17.3. The van der Waals surface area contributed by atoms with E-state index in [0.717, 1.165) is 16.7 Å². The molecule has 6 heteroatoms. The topological polar surface area (TPSA) is 9.23 Å². The quantitative estimate of drug-likeness (QED) is 0.257. The summed E-state index contributed by atoms with van der Waals surface area (Å²) in [5.41, 5.74) is 2.18. The Bertz CT molecular complexity index is 1100. The van der Waals surface area contributed by atoms with E-state index in [1.807, 2.05) is 54.6 Å². The average molecular weight is 430 g/mol. The van der Waals surface area contributed by atoms with Crippen LogP contribution in [0.1, 0.15) is 40.7 Å². The van der Waals surface area contributed by atoms with Crippen molar-refractivity contribution < 1.29 is 26.7 Å². The van der Waals surface area contributed by atoms with Crippen LogP contribution in [0, 0.1) is 40.9 Å². The average Bonchev–Trinajstić information content (AvgIpc) is 2.80. The Kier molecular flexibility index (Phi) is 5.05. The molecule has 0 unspecified atom stereocenters. The third-order valence-corrected chi connectivity index (χ3v) is 6.62. The second-order valence-electron chi connectivity index (χ2n) is 8.19. The van der Waals surface area contributed by atoms with Crippen LogP contribution in [-0.2, 0) is 11.2 Å². The van der Waals surface area contributed by atoms with Crippen molar-refractivity contribution in [2.24, 2.45) is 11.8 Å². The molecule has 0 saturated carbocycles. The molecule has 31 heavy (non-hydrogen) atoms. The number of hydrogen-bond acceptors (Lipinski definition) is 1. The first-order chi connectivity index (χ1) is 15.0. The van der Waals surface area contributed by atoms with Crippen molar-refractivity contribution in [3.63, 3.8) is 0 Å². The Balaban J connectivity index is 1.72. The highest BCUT2D eigenvalue weighted by Gasteiger charge is 2.47. The molecule has 3 aromatic rings. The molecule has 0 N–H and O–H groups in total. The van der Waals surface area contributed by atoms with E-state index in [-0.39, 0.29) is 18.4 Å². The monoisotopic (exact) mass is 430 g/mol. The van der Waals surface area contributed by atoms with Gasteiger partial charge in [-0.15, -0.1) is 0 Å². The first-order valence-corrected chi connectivity index (χ1v) is 10.2. The number of benzene rings is 3. The highest BCUT2D eigenvalue weighted by atomic mass is 19.2. The minimum atomic E-state index is -2.15. The van der Waals surface area contributed by atoms with Crippen LogP contribution in [0.5, 0.6) is 0 Å². The lowest BCUT2D eigenvalue weighted by molar-refractivity contribution is -0.0724. The van der Waals surface area contributed by atoms with Crippen LogP contribution in [0.15, 0.2) is 54.6 Å². The zero-order chi connectivity index (χ0) is 21.7. The summed E-state index contributed by atoms with van der Waals surface area (Å²) in [5, 5.41) is 0. The standard InChI is InChI=1S/C25H19F5O/c26-20-19(21(27)23(29)24(30)22(20)28)25-18-15(10-11-31-25)12-14-8-4-5-9-16(14)17(18)13-6-2-1-3-7-13/h1-9,15,17-18,25H,10-12H2/t15-,17+,18+,25-/m1/s1. The van der Waals surface area contributed by atoms with E-state index in [1.165, 1.54) is 0 Å². The maximum atomic E-state index is 14.8. The van der Waals surface area contributed by atoms with E-state index in [4.69, 9.17) is 4.74 Å². The van der Waals surface area contributed by atoms with E-state index in [2.05, 4.69) is 0 Å². The number of hydrogen-bond donors (Lipinski definition) is 0. The van der Waals surface area contributed by atoms with Crippen molar-refractivity contribution in [3.8, 4) is 0 Å². The van der Waals surface area contributed by atoms with E-state index in [1.54, 1.807) is 0 Å². The van der Waals surface area contributed by atoms with Gasteiger partial charge in [0.05, 0.1) is 11.7 Å². The molecule has 3 aromatic carbocycles. The lowest BCUT2D eigenvalue weighted by Crippen LogP contribution is -2.40. The molecule has 1 aliphatic heterocycles. The minimum absolute atomic E-state index is 0.0196. The molecular weight excluding hydrogens is 411 g/mol. The summed E-state index contributed by atoms with van der Waals surface area (Å²) in [7, 11) is 0. The summed E-state index contributed by atoms with van der Waals surface area (Å²) in [5.74, 6) is -10.4. The summed E-state index contributed by atoms with van der Waals surface area (Å²) in [6.45, 7) is 0.189. The van der Waals surface area contributed by atoms with Crippen LogP contribution in [0.3, 0.4) is 0 Å². The predicted octanol–water partition coefficient (Wildman–Crippen LogP) is 6.46. The molecule has 5 rings (SSSR count). The van der Waals surface area contributed by atoms with Gasteiger partial charge in [-0.1, -0.05) is 54.6 Å². The molecule has 1 nitrogen and oxygen atoms in total. The maximum absolute atomic E-state index is 14.8. The molecule has 160 valence electrons. The Morgan fingerprint density at radius 1 is 0.710 bits per heavy atom. The van der Waals surface area contributed by atoms with Crippen molar-refractivity contribution in [2.45, 2.75) is 24.9 Å². The third-order valence-electron chi connectivity index (χ3n) is 6.62. The van der Waals surface area contributed by atoms with Crippen LogP contribution in [0.4, 0.5) is 22.0 Å². The van der Waals surface area contributed by atoms with Crippen LogP contribution in [0.25, 0.3) is 0 Å². The maximum Gasteiger partial charge on any atom is 0.200 e. The molecule has 0 amide bonds. The van der Waals surface area contributed by atoms with Crippen LogP contribution in [-0.4, -0.2) is 6.61 Å². The largest absolute Gasteiger partial charge is 0.373 e. The zero-order valence-electron chi connectivity index (χ0n) is 16.4. The van der Waals surface area contributed by atoms with Gasteiger partial charge in [0.2, 0.25) is 5.82 Å². The van der Waals surface area contributed by atoms with Crippen molar-refractivity contribution >= 4 is 0 Å². The fourth-order valence-electron chi connectivity index (χ4n) is 5.31. The lowest BCUT2D eigenvalue weighted by atomic mass is 9.62. The molecular formula is C25H19F5O. The van der Waals surface area contributed by atoms with Crippen LogP contribution >= 0.6 is 0 Å². The summed E-state index contributed by atoms with van der Waals surface area (Å²) in [4.78, 5) is 0. The number of ether oxygens (including phenoxy) is 1. The number of rotatable bonds is 2. The normalized spacial score (nSPS) is 25.1. The molecule has 1 heterocycles. The number of fused-ring (bicyclic) bond motifs is 2. The van der Waals surface area contributed by atoms with Gasteiger partial charge in [0.15, 0.2) is 23.3 Å². The molecule has 2 aliphatic rings. The molecule has 0 radical (unpaired) electrons. The van der Waals surface area contributed by atoms with E-state index >= 15 is 0 Å². The molecule has 0 bridgehead atoms. The third kappa shape index (κ3) is 3.16. The molecule has 1 aliphatic carbocycles. The summed E-state index contributed by atoms with van der Waals surface area (Å²) in [6.07, 6.45) is 0.0649. The van der Waals surface area contributed by atoms with Gasteiger partial charge in [-0.25, -0.2) is 22.0 Å². The van der Waals surface area contributed by atoms with E-state index in [0.29, 0.717) is 12.8 Å². The summed E-state index contributed by atoms with van der Waals surface area (Å²) >= 11 is 0. The Morgan fingerprint density at radius 2 is 1.32 bits per heavy atom. The van der Waals surface area contributed by atoms with Gasteiger partial charge in [0.25, 0.3) is 0 Å². The Hall–Kier alpha value is -2.73. The first kappa shape index (κ1) is 20.2. The first-order valence-electron chi connectivity index (χ1n) is 10.2. The van der Waals surface area contributed by atoms with Crippen molar-refractivity contribution in [1.82, 2.24) is 0 Å². The van der Waals surface area contributed by atoms with Crippen molar-refractivity contribution in [1.29, 1.82) is 0 Å². The molecule has 0 spiro atoms. The van der Waals surface area contributed by atoms with Gasteiger partial charge >= 0.3 is 0 Å². The second-order valence-corrected chi connectivity index (χ2v) is 8.19. The van der Waals surface area contributed by atoms with Gasteiger partial charge < -0.3 is 4.74 Å². The van der Waals surface area contributed by atoms with Crippen molar-refractivity contribution in [2.75, 3.05) is 6.61 Å². The van der Waals surface area contributed by atoms with Crippen LogP contribution < -0.4 is 0 Å². The fraction of sp³-hybridized carbons (Fsp3) is 0.280. The van der Waals surface area contributed by atoms with Gasteiger partial charge in [-0.3, -0.25) is 0 Å².